The molecule has 27 heavy (non-hydrogen) atoms. The highest BCUT2D eigenvalue weighted by molar-refractivity contribution is 6.99. The molecule has 154 valence electrons. The van der Waals surface area contributed by atoms with Gasteiger partial charge >= 0.3 is 0 Å². The Balaban J connectivity index is 1.68. The molecule has 3 rings (SSSR count). The van der Waals surface area contributed by atoms with Gasteiger partial charge in [-0.25, -0.2) is 0 Å². The summed E-state index contributed by atoms with van der Waals surface area (Å²) in [4.78, 5) is 4.82. The summed E-state index contributed by atoms with van der Waals surface area (Å²) < 4.78 is 15.4. The molecule has 2 aliphatic rings. The van der Waals surface area contributed by atoms with Gasteiger partial charge in [0.1, 0.15) is 6.10 Å². The predicted octanol–water partition coefficient (Wildman–Crippen LogP) is 2.50. The number of hydrogen-bond acceptors (Lipinski definition) is 7. The zero-order valence-corrected chi connectivity index (χ0v) is 18.7. The summed E-state index contributed by atoms with van der Waals surface area (Å²) in [5.74, 6) is 1.55. The maximum atomic E-state index is 8.43. The van der Waals surface area contributed by atoms with Gasteiger partial charge < -0.3 is 14.8 Å². The first-order valence-corrected chi connectivity index (χ1v) is 10.6. The lowest BCUT2D eigenvalue weighted by Gasteiger charge is -2.47. The van der Waals surface area contributed by atoms with E-state index < -0.39 is 0 Å². The van der Waals surface area contributed by atoms with Crippen molar-refractivity contribution in [3.63, 3.8) is 0 Å². The van der Waals surface area contributed by atoms with Gasteiger partial charge in [-0.3, -0.25) is 4.90 Å². The van der Waals surface area contributed by atoms with Crippen LogP contribution in [-0.2, 0) is 0 Å². The highest BCUT2D eigenvalue weighted by Crippen LogP contribution is 2.39. The zero-order chi connectivity index (χ0) is 20.0. The van der Waals surface area contributed by atoms with E-state index in [0.29, 0.717) is 5.88 Å². The molecule has 0 unspecified atom stereocenters. The highest BCUT2D eigenvalue weighted by Gasteiger charge is 2.49. The van der Waals surface area contributed by atoms with Crippen molar-refractivity contribution in [1.82, 2.24) is 18.7 Å². The van der Waals surface area contributed by atoms with Crippen LogP contribution in [0, 0.1) is 0 Å². The van der Waals surface area contributed by atoms with Crippen LogP contribution >= 0.6 is 11.7 Å². The quantitative estimate of drug-likeness (QED) is 0.729. The minimum absolute atomic E-state index is 0.0510. The highest BCUT2D eigenvalue weighted by atomic mass is 32.1. The molecule has 2 aliphatic heterocycles. The third kappa shape index (κ3) is 4.39. The van der Waals surface area contributed by atoms with Gasteiger partial charge in [0.2, 0.25) is 5.82 Å². The molecule has 1 aromatic heterocycles. The van der Waals surface area contributed by atoms with E-state index in [2.05, 4.69) is 67.0 Å². The summed E-state index contributed by atoms with van der Waals surface area (Å²) >= 11 is 1.23. The topological polar surface area (TPSA) is 67.6 Å². The molecule has 3 heterocycles. The van der Waals surface area contributed by atoms with Gasteiger partial charge in [-0.2, -0.15) is 4.37 Å². The molecule has 0 amide bonds. The van der Waals surface area contributed by atoms with E-state index in [-0.39, 0.29) is 22.7 Å². The minimum Gasteiger partial charge on any atom is -0.471 e. The number of rotatable bonds is 3. The van der Waals surface area contributed by atoms with Crippen molar-refractivity contribution in [2.24, 2.45) is 0 Å². The van der Waals surface area contributed by atoms with Crippen molar-refractivity contribution in [2.75, 3.05) is 31.1 Å². The second kappa shape index (κ2) is 7.13. The Bertz CT molecular complexity index is 629. The van der Waals surface area contributed by atoms with Crippen molar-refractivity contribution in [1.29, 1.82) is 0 Å². The Kier molecular flexibility index (Phi) is 5.49. The van der Waals surface area contributed by atoms with Crippen molar-refractivity contribution < 1.29 is 9.94 Å². The predicted molar refractivity (Wildman–Crippen MR) is 111 cm³/mol. The van der Waals surface area contributed by atoms with Crippen molar-refractivity contribution >= 4 is 17.5 Å². The van der Waals surface area contributed by atoms with E-state index in [1.165, 1.54) is 11.7 Å². The van der Waals surface area contributed by atoms with Crippen LogP contribution < -0.4 is 9.64 Å². The molecular weight excluding hydrogens is 362 g/mol. The summed E-state index contributed by atoms with van der Waals surface area (Å²) in [6.07, 6.45) is 1.68. The Morgan fingerprint density at radius 1 is 1.00 bits per heavy atom. The van der Waals surface area contributed by atoms with E-state index in [0.717, 1.165) is 44.8 Å². The normalized spacial score (nSPS) is 25.0. The molecule has 2 saturated heterocycles. The summed E-state index contributed by atoms with van der Waals surface area (Å²) in [7, 11) is 0. The monoisotopic (exact) mass is 398 g/mol. The molecule has 0 aliphatic carbocycles. The van der Waals surface area contributed by atoms with Gasteiger partial charge in [0.15, 0.2) is 0 Å². The van der Waals surface area contributed by atoms with Crippen LogP contribution in [0.25, 0.3) is 0 Å². The lowest BCUT2D eigenvalue weighted by molar-refractivity contribution is -0.255. The first-order valence-electron chi connectivity index (χ1n) is 9.91. The number of aromatic nitrogens is 2. The Morgan fingerprint density at radius 2 is 1.56 bits per heavy atom. The van der Waals surface area contributed by atoms with Crippen LogP contribution in [0.2, 0.25) is 0 Å². The van der Waals surface area contributed by atoms with Crippen molar-refractivity contribution in [2.45, 2.75) is 84.0 Å². The van der Waals surface area contributed by atoms with Gasteiger partial charge in [-0.1, -0.05) is 5.06 Å². The van der Waals surface area contributed by atoms with Gasteiger partial charge in [-0.15, -0.1) is 4.37 Å². The molecule has 2 fully saturated rings. The van der Waals surface area contributed by atoms with Crippen LogP contribution in [0.3, 0.4) is 0 Å². The lowest BCUT2D eigenvalue weighted by Crippen LogP contribution is -2.61. The van der Waals surface area contributed by atoms with Crippen molar-refractivity contribution in [3.05, 3.63) is 0 Å². The summed E-state index contributed by atoms with van der Waals surface area (Å²) in [5, 5.41) is 10.2. The second-order valence-electron chi connectivity index (χ2n) is 10.1. The Morgan fingerprint density at radius 3 is 2.07 bits per heavy atom. The summed E-state index contributed by atoms with van der Waals surface area (Å²) in [6, 6.07) is 0. The number of hydrogen-bond donors (Lipinski definition) is 0. The van der Waals surface area contributed by atoms with Crippen LogP contribution in [0.1, 0.15) is 61.3 Å². The van der Waals surface area contributed by atoms with Gasteiger partial charge in [0.25, 0.3) is 5.88 Å². The number of piperazine rings is 1. The van der Waals surface area contributed by atoms with Gasteiger partial charge in [-0.05, 0) is 48.5 Å². The van der Waals surface area contributed by atoms with Gasteiger partial charge in [0, 0.05) is 44.6 Å². The fourth-order valence-electron chi connectivity index (χ4n) is 4.46. The fraction of sp³-hybridized carbons (Fsp3) is 0.895. The maximum Gasteiger partial charge on any atom is 0.271 e. The SMILES string of the molecule is CC(C)(C)N1CCN(c2nsnc2OC2CC(C)(C)N([OH2+])C(C)(C)C2)CC1. The molecule has 7 nitrogen and oxygen atoms in total. The number of anilines is 1. The minimum atomic E-state index is -0.228. The van der Waals surface area contributed by atoms with Crippen molar-refractivity contribution in [3.8, 4) is 5.88 Å². The molecular formula is C19H36N5O2S+. The number of nitrogens with zero attached hydrogens (tertiary/aromatic N) is 5. The first-order chi connectivity index (χ1) is 12.4. The number of hydroxylamine groups is 2. The third-order valence-electron chi connectivity index (χ3n) is 5.91. The first kappa shape index (κ1) is 20.8. The van der Waals surface area contributed by atoms with E-state index in [9.17, 15) is 0 Å². The molecule has 0 aromatic carbocycles. The molecule has 0 atom stereocenters. The zero-order valence-electron chi connectivity index (χ0n) is 17.9. The number of piperidine rings is 1. The van der Waals surface area contributed by atoms with E-state index in [1.807, 2.05) is 0 Å². The van der Waals surface area contributed by atoms with E-state index >= 15 is 0 Å². The van der Waals surface area contributed by atoms with Crippen LogP contribution in [-0.4, -0.2) is 72.8 Å². The smallest absolute Gasteiger partial charge is 0.271 e. The lowest BCUT2D eigenvalue weighted by atomic mass is 9.80. The molecule has 0 spiro atoms. The average molecular weight is 399 g/mol. The Hall–Kier alpha value is -0.960. The number of ether oxygens (including phenoxy) is 1. The molecule has 1 aromatic rings. The van der Waals surface area contributed by atoms with Crippen LogP contribution in [0.5, 0.6) is 5.88 Å². The van der Waals surface area contributed by atoms with Crippen LogP contribution in [0.4, 0.5) is 5.82 Å². The van der Waals surface area contributed by atoms with Gasteiger partial charge in [0.05, 0.1) is 22.8 Å². The summed E-state index contributed by atoms with van der Waals surface area (Å²) in [5.41, 5.74) is -0.254. The molecule has 0 saturated carbocycles. The average Bonchev–Trinajstić information content (AvgIpc) is 2.99. The Labute approximate surface area is 167 Å². The van der Waals surface area contributed by atoms with Crippen LogP contribution in [0.15, 0.2) is 0 Å². The van der Waals surface area contributed by atoms with E-state index in [1.54, 1.807) is 5.06 Å². The second-order valence-corrected chi connectivity index (χ2v) is 10.7. The maximum absolute atomic E-state index is 8.43. The molecule has 0 radical (unpaired) electrons. The standard InChI is InChI=1S/C19H35N5O2S/c1-17(2,3)23-10-8-22(9-11-23)15-16(21-27-20-15)26-14-12-18(4,5)24(25)19(6,7)13-14/h14,25H,8-13H2,1-7H3/p+1. The molecule has 0 bridgehead atoms. The summed E-state index contributed by atoms with van der Waals surface area (Å²) in [6.45, 7) is 19.2. The van der Waals surface area contributed by atoms with E-state index in [4.69, 9.17) is 9.94 Å². The molecule has 2 N–H and O–H groups in total. The largest absolute Gasteiger partial charge is 0.471 e. The fourth-order valence-corrected chi connectivity index (χ4v) is 4.97. The third-order valence-corrected chi connectivity index (χ3v) is 6.42. The molecule has 8 heteroatoms.